The van der Waals surface area contributed by atoms with Crippen molar-refractivity contribution < 1.29 is 9.59 Å². The zero-order valence-electron chi connectivity index (χ0n) is 4.72. The second kappa shape index (κ2) is 1.88. The number of imide groups is 1. The van der Waals surface area contributed by atoms with Crippen molar-refractivity contribution in [3.8, 4) is 0 Å². The highest BCUT2D eigenvalue weighted by Gasteiger charge is 2.33. The molecule has 1 fully saturated rings. The molecule has 0 saturated carbocycles. The molecule has 1 aliphatic heterocycles. The first-order valence-electron chi connectivity index (χ1n) is 2.43. The van der Waals surface area contributed by atoms with E-state index in [4.69, 9.17) is 11.8 Å². The summed E-state index contributed by atoms with van der Waals surface area (Å²) in [4.78, 5) is 21.0. The van der Waals surface area contributed by atoms with Gasteiger partial charge in [-0.05, 0) is 6.92 Å². The molecule has 1 rings (SSSR count). The van der Waals surface area contributed by atoms with Crippen LogP contribution in [0.3, 0.4) is 0 Å². The van der Waals surface area contributed by atoms with Crippen LogP contribution in [0.5, 0.6) is 0 Å². The third kappa shape index (κ3) is 0.853. The molecule has 0 aliphatic carbocycles. The molecule has 0 bridgehead atoms. The largest absolute Gasteiger partial charge is 0.339 e. The number of hydrogen-bond donors (Lipinski definition) is 1. The van der Waals surface area contributed by atoms with E-state index in [1.54, 1.807) is 6.92 Å². The summed E-state index contributed by atoms with van der Waals surface area (Å²) in [6.45, 7) is 1.55. The van der Waals surface area contributed by atoms with Gasteiger partial charge in [-0.3, -0.25) is 10.1 Å². The molecular weight excluding hydrogens is 144 g/mol. The van der Waals surface area contributed by atoms with Crippen LogP contribution in [-0.2, 0) is 4.79 Å². The average molecular weight is 149 g/mol. The number of nitrogens with one attached hydrogen (secondary N) is 1. The van der Waals surface area contributed by atoms with Crippen LogP contribution in [0.2, 0.25) is 0 Å². The van der Waals surface area contributed by atoms with Gasteiger partial charge in [-0.2, -0.15) is 0 Å². The molecule has 0 spiro atoms. The molecule has 0 aromatic carbocycles. The maximum Gasteiger partial charge on any atom is 0.339 e. The average Bonchev–Trinajstić information content (AvgIpc) is 1.98. The fraction of sp³-hybridized carbons (Fsp3) is 0.500. The third-order valence-corrected chi connectivity index (χ3v) is 1.59. The summed E-state index contributed by atoms with van der Waals surface area (Å²) in [7, 11) is 0. The lowest BCUT2D eigenvalue weighted by molar-refractivity contribution is -0.120. The van der Waals surface area contributed by atoms with Crippen molar-refractivity contribution >= 4 is 23.7 Å². The molecule has 1 unspecified atom stereocenters. The Hall–Kier alpha value is -0.770. The summed E-state index contributed by atoms with van der Waals surface area (Å²) in [6, 6.07) is -1.09. The van der Waals surface area contributed by atoms with Crippen LogP contribution in [0.4, 0.5) is 4.79 Å². The van der Waals surface area contributed by atoms with Crippen molar-refractivity contribution in [1.29, 1.82) is 0 Å². The van der Waals surface area contributed by atoms with Crippen LogP contribution in [-0.4, -0.2) is 22.4 Å². The minimum Gasteiger partial charge on any atom is -0.275 e. The van der Waals surface area contributed by atoms with Gasteiger partial charge in [0.15, 0.2) is 0 Å². The molecule has 9 heavy (non-hydrogen) atoms. The van der Waals surface area contributed by atoms with E-state index in [1.165, 1.54) is 0 Å². The molecule has 0 aromatic rings. The predicted octanol–water partition coefficient (Wildman–Crippen LogP) is 0.0805. The lowest BCUT2D eigenvalue weighted by Crippen LogP contribution is -2.22. The molecule has 1 saturated heterocycles. The van der Waals surface area contributed by atoms with Gasteiger partial charge < -0.3 is 0 Å². The molecule has 1 N–H and O–H groups in total. The van der Waals surface area contributed by atoms with Crippen LogP contribution in [0.1, 0.15) is 6.92 Å². The Bertz CT molecular complexity index is 152. The number of halogens is 1. The summed E-state index contributed by atoms with van der Waals surface area (Å²) >= 11 is 5.31. The number of amides is 3. The van der Waals surface area contributed by atoms with Crippen molar-refractivity contribution in [1.82, 2.24) is 9.74 Å². The van der Waals surface area contributed by atoms with E-state index in [1.807, 2.05) is 5.32 Å². The van der Waals surface area contributed by atoms with Crippen molar-refractivity contribution in [3.63, 3.8) is 0 Å². The molecular formula is C4H5ClN2O2. The van der Waals surface area contributed by atoms with E-state index in [9.17, 15) is 9.59 Å². The van der Waals surface area contributed by atoms with Gasteiger partial charge in [0.1, 0.15) is 6.04 Å². The number of carbonyl (C=O) groups excluding carboxylic acids is 2. The molecule has 3 amide bonds. The predicted molar refractivity (Wildman–Crippen MR) is 30.7 cm³/mol. The van der Waals surface area contributed by atoms with E-state index in [2.05, 4.69) is 0 Å². The van der Waals surface area contributed by atoms with E-state index in [0.29, 0.717) is 0 Å². The van der Waals surface area contributed by atoms with E-state index in [-0.39, 0.29) is 5.91 Å². The minimum atomic E-state index is -0.547. The van der Waals surface area contributed by atoms with E-state index >= 15 is 0 Å². The fourth-order valence-electron chi connectivity index (χ4n) is 0.542. The van der Waals surface area contributed by atoms with Crippen LogP contribution in [0.25, 0.3) is 0 Å². The van der Waals surface area contributed by atoms with Crippen LogP contribution in [0, 0.1) is 0 Å². The van der Waals surface area contributed by atoms with Crippen LogP contribution in [0.15, 0.2) is 0 Å². The first kappa shape index (κ1) is 6.35. The lowest BCUT2D eigenvalue weighted by Gasteiger charge is -2.04. The quantitative estimate of drug-likeness (QED) is 0.391. The van der Waals surface area contributed by atoms with Gasteiger partial charge in [0.25, 0.3) is 5.91 Å². The van der Waals surface area contributed by atoms with Gasteiger partial charge in [-0.15, -0.1) is 0 Å². The fourth-order valence-corrected chi connectivity index (χ4v) is 0.673. The van der Waals surface area contributed by atoms with Crippen molar-refractivity contribution in [2.24, 2.45) is 0 Å². The van der Waals surface area contributed by atoms with Gasteiger partial charge in [-0.25, -0.2) is 9.21 Å². The standard InChI is InChI=1S/C4H5ClN2O2/c1-2-3(8)6-4(9)7(2)5/h2H,1H3,(H,6,8,9). The maximum atomic E-state index is 10.5. The second-order valence-corrected chi connectivity index (χ2v) is 2.15. The Labute approximate surface area is 56.9 Å². The van der Waals surface area contributed by atoms with Crippen LogP contribution >= 0.6 is 11.8 Å². The van der Waals surface area contributed by atoms with Gasteiger partial charge in [0.2, 0.25) is 0 Å². The van der Waals surface area contributed by atoms with Crippen LogP contribution < -0.4 is 5.32 Å². The SMILES string of the molecule is CC1C(=O)NC(=O)N1Cl. The normalized spacial score (nSPS) is 26.9. The van der Waals surface area contributed by atoms with Gasteiger partial charge in [0, 0.05) is 11.8 Å². The Morgan fingerprint density at radius 1 is 1.67 bits per heavy atom. The summed E-state index contributed by atoms with van der Waals surface area (Å²) < 4.78 is 0.836. The Morgan fingerprint density at radius 2 is 2.22 bits per heavy atom. The van der Waals surface area contributed by atoms with Gasteiger partial charge in [-0.1, -0.05) is 0 Å². The minimum absolute atomic E-state index is 0.352. The Balaban J connectivity index is 2.77. The van der Waals surface area contributed by atoms with Gasteiger partial charge >= 0.3 is 6.03 Å². The summed E-state index contributed by atoms with van der Waals surface area (Å²) in [5, 5.41) is 2.03. The monoisotopic (exact) mass is 148 g/mol. The molecule has 50 valence electrons. The molecule has 1 heterocycles. The maximum absolute atomic E-state index is 10.5. The molecule has 1 atom stereocenters. The van der Waals surface area contributed by atoms with Gasteiger partial charge in [0.05, 0.1) is 0 Å². The number of rotatable bonds is 0. The Kier molecular flexibility index (Phi) is 1.32. The molecule has 0 radical (unpaired) electrons. The number of urea groups is 1. The second-order valence-electron chi connectivity index (χ2n) is 1.78. The Morgan fingerprint density at radius 3 is 2.33 bits per heavy atom. The third-order valence-electron chi connectivity index (χ3n) is 1.14. The van der Waals surface area contributed by atoms with Crippen molar-refractivity contribution in [2.75, 3.05) is 0 Å². The molecule has 4 nitrogen and oxygen atoms in total. The highest BCUT2D eigenvalue weighted by Crippen LogP contribution is 2.09. The number of hydrogen-bond acceptors (Lipinski definition) is 2. The lowest BCUT2D eigenvalue weighted by atomic mass is 10.4. The van der Waals surface area contributed by atoms with Crippen molar-refractivity contribution in [3.05, 3.63) is 0 Å². The number of carbonyl (C=O) groups is 2. The molecule has 0 aromatic heterocycles. The summed E-state index contributed by atoms with van der Waals surface area (Å²) in [5.41, 5.74) is 0. The molecule has 5 heteroatoms. The smallest absolute Gasteiger partial charge is 0.275 e. The summed E-state index contributed by atoms with van der Waals surface area (Å²) in [6.07, 6.45) is 0. The number of nitrogens with zero attached hydrogens (tertiary/aromatic N) is 1. The van der Waals surface area contributed by atoms with Crippen molar-refractivity contribution in [2.45, 2.75) is 13.0 Å². The summed E-state index contributed by atoms with van der Waals surface area (Å²) in [5.74, 6) is -0.352. The first-order chi connectivity index (χ1) is 4.13. The zero-order chi connectivity index (χ0) is 7.02. The topological polar surface area (TPSA) is 49.4 Å². The van der Waals surface area contributed by atoms with E-state index in [0.717, 1.165) is 4.42 Å². The first-order valence-corrected chi connectivity index (χ1v) is 2.76. The zero-order valence-corrected chi connectivity index (χ0v) is 5.47. The van der Waals surface area contributed by atoms with E-state index < -0.39 is 12.1 Å². The highest BCUT2D eigenvalue weighted by atomic mass is 35.5. The molecule has 1 aliphatic rings. The highest BCUT2D eigenvalue weighted by molar-refractivity contribution is 6.26.